The van der Waals surface area contributed by atoms with Gasteiger partial charge in [-0.2, -0.15) is 0 Å². The van der Waals surface area contributed by atoms with Crippen LogP contribution in [0.25, 0.3) is 0 Å². The smallest absolute Gasteiger partial charge is 0.0331 e. The lowest BCUT2D eigenvalue weighted by Gasteiger charge is -2.33. The highest BCUT2D eigenvalue weighted by atomic mass is 33.1. The van der Waals surface area contributed by atoms with Gasteiger partial charge in [-0.25, -0.2) is 0 Å². The van der Waals surface area contributed by atoms with Crippen molar-refractivity contribution in [2.24, 2.45) is 0 Å². The molecule has 0 bridgehead atoms. The molecule has 0 aliphatic carbocycles. The van der Waals surface area contributed by atoms with Gasteiger partial charge in [-0.3, -0.25) is 0 Å². The van der Waals surface area contributed by atoms with Crippen molar-refractivity contribution in [1.29, 1.82) is 0 Å². The van der Waals surface area contributed by atoms with Gasteiger partial charge in [0.2, 0.25) is 0 Å². The highest BCUT2D eigenvalue weighted by Crippen LogP contribution is 2.29. The largest absolute Gasteiger partial charge is 0.302 e. The van der Waals surface area contributed by atoms with Crippen LogP contribution < -0.4 is 0 Å². The molecule has 0 aromatic carbocycles. The third-order valence-electron chi connectivity index (χ3n) is 2.30. The van der Waals surface area contributed by atoms with E-state index in [2.05, 4.69) is 30.4 Å². The molecule has 0 radical (unpaired) electrons. The Morgan fingerprint density at radius 3 is 2.33 bits per heavy atom. The number of hydrogen-bond acceptors (Lipinski definition) is 3. The van der Waals surface area contributed by atoms with Crippen molar-refractivity contribution in [2.75, 3.05) is 19.6 Å². The van der Waals surface area contributed by atoms with Crippen LogP contribution >= 0.6 is 22.5 Å². The first-order valence-corrected chi connectivity index (χ1v) is 6.56. The summed E-state index contributed by atoms with van der Waals surface area (Å²) in [7, 11) is 1.67. The maximum Gasteiger partial charge on any atom is 0.0331 e. The van der Waals surface area contributed by atoms with Gasteiger partial charge in [-0.05, 0) is 39.8 Å². The lowest BCUT2D eigenvalue weighted by Crippen LogP contribution is -2.39. The summed E-state index contributed by atoms with van der Waals surface area (Å²) in [5, 5.41) is 0. The molecule has 0 aromatic heterocycles. The molecule has 1 aliphatic rings. The van der Waals surface area contributed by atoms with E-state index in [0.717, 1.165) is 0 Å². The van der Waals surface area contributed by atoms with Crippen molar-refractivity contribution >= 4 is 22.5 Å². The lowest BCUT2D eigenvalue weighted by molar-refractivity contribution is 0.215. The van der Waals surface area contributed by atoms with E-state index in [9.17, 15) is 0 Å². The van der Waals surface area contributed by atoms with Gasteiger partial charge >= 0.3 is 0 Å². The summed E-state index contributed by atoms with van der Waals surface area (Å²) in [5.74, 6) is 0. The number of nitrogens with zero attached hydrogens (tertiary/aromatic N) is 1. The molecule has 0 saturated carbocycles. The minimum atomic E-state index is 0.306. The van der Waals surface area contributed by atoms with E-state index >= 15 is 0 Å². The second-order valence-corrected chi connectivity index (χ2v) is 6.02. The van der Waals surface area contributed by atoms with E-state index in [-0.39, 0.29) is 0 Å². The quantitative estimate of drug-likeness (QED) is 0.557. The Morgan fingerprint density at radius 1 is 1.25 bits per heavy atom. The fourth-order valence-electron chi connectivity index (χ4n) is 1.68. The third-order valence-corrected chi connectivity index (χ3v) is 4.41. The fourth-order valence-corrected chi connectivity index (χ4v) is 2.10. The highest BCUT2D eigenvalue weighted by Gasteiger charge is 2.21. The molecule has 72 valence electrons. The molecule has 0 unspecified atom stereocenters. The van der Waals surface area contributed by atoms with Crippen molar-refractivity contribution in [3.63, 3.8) is 0 Å². The highest BCUT2D eigenvalue weighted by molar-refractivity contribution is 8.69. The van der Waals surface area contributed by atoms with Crippen LogP contribution in [-0.2, 0) is 0 Å². The second-order valence-electron chi connectivity index (χ2n) is 4.19. The van der Waals surface area contributed by atoms with Crippen LogP contribution in [0.4, 0.5) is 0 Å². The predicted octanol–water partition coefficient (Wildman–Crippen LogP) is 2.83. The molecule has 1 fully saturated rings. The zero-order valence-electron chi connectivity index (χ0n) is 8.05. The fraction of sp³-hybridized carbons (Fsp3) is 1.00. The van der Waals surface area contributed by atoms with Gasteiger partial charge in [0.05, 0.1) is 0 Å². The van der Waals surface area contributed by atoms with Gasteiger partial charge < -0.3 is 4.90 Å². The van der Waals surface area contributed by atoms with E-state index in [4.69, 9.17) is 0 Å². The van der Waals surface area contributed by atoms with Crippen molar-refractivity contribution in [3.8, 4) is 0 Å². The molecule has 3 heteroatoms. The summed E-state index contributed by atoms with van der Waals surface area (Å²) in [4.78, 5) is 2.56. The molecule has 1 aliphatic heterocycles. The number of piperidine rings is 1. The Bertz CT molecular complexity index is 130. The van der Waals surface area contributed by atoms with Crippen molar-refractivity contribution in [3.05, 3.63) is 0 Å². The van der Waals surface area contributed by atoms with Crippen molar-refractivity contribution < 1.29 is 0 Å². The van der Waals surface area contributed by atoms with E-state index in [0.29, 0.717) is 4.75 Å². The maximum absolute atomic E-state index is 4.29. The number of thiol groups is 1. The zero-order valence-corrected chi connectivity index (χ0v) is 9.76. The Balaban J connectivity index is 2.28. The van der Waals surface area contributed by atoms with Gasteiger partial charge in [0, 0.05) is 11.3 Å². The Kier molecular flexibility index (Phi) is 4.27. The van der Waals surface area contributed by atoms with Crippen LogP contribution in [0.15, 0.2) is 0 Å². The standard InChI is InChI=1S/C9H19NS2/c1-9(2,12-11)8-10-6-4-3-5-7-10/h11H,3-8H2,1-2H3. The SMILES string of the molecule is CC(C)(CN1CCCCC1)SS. The first-order valence-electron chi connectivity index (χ1n) is 4.69. The van der Waals surface area contributed by atoms with Gasteiger partial charge in [0.15, 0.2) is 0 Å². The number of likely N-dealkylation sites (tertiary alicyclic amines) is 1. The van der Waals surface area contributed by atoms with E-state index < -0.39 is 0 Å². The van der Waals surface area contributed by atoms with Gasteiger partial charge in [0.25, 0.3) is 0 Å². The third kappa shape index (κ3) is 3.58. The Labute approximate surface area is 85.1 Å². The Morgan fingerprint density at radius 2 is 1.83 bits per heavy atom. The van der Waals surface area contributed by atoms with Gasteiger partial charge in [0.1, 0.15) is 0 Å². The Hall–Kier alpha value is 0.660. The summed E-state index contributed by atoms with van der Waals surface area (Å²) in [6.07, 6.45) is 4.19. The van der Waals surface area contributed by atoms with E-state index in [1.807, 2.05) is 0 Å². The summed E-state index contributed by atoms with van der Waals surface area (Å²) in [6.45, 7) is 8.29. The zero-order chi connectivity index (χ0) is 9.03. The average molecular weight is 205 g/mol. The minimum Gasteiger partial charge on any atom is -0.302 e. The van der Waals surface area contributed by atoms with Crippen LogP contribution in [-0.4, -0.2) is 29.3 Å². The topological polar surface area (TPSA) is 3.24 Å². The van der Waals surface area contributed by atoms with E-state index in [1.54, 1.807) is 10.8 Å². The molecule has 0 spiro atoms. The predicted molar refractivity (Wildman–Crippen MR) is 60.9 cm³/mol. The van der Waals surface area contributed by atoms with Crippen LogP contribution in [0.2, 0.25) is 0 Å². The second kappa shape index (κ2) is 4.77. The van der Waals surface area contributed by atoms with Crippen LogP contribution in [0.5, 0.6) is 0 Å². The van der Waals surface area contributed by atoms with Crippen LogP contribution in [0, 0.1) is 0 Å². The summed E-state index contributed by atoms with van der Waals surface area (Å²) < 4.78 is 0.306. The number of rotatable bonds is 3. The van der Waals surface area contributed by atoms with Crippen molar-refractivity contribution in [1.82, 2.24) is 4.90 Å². The van der Waals surface area contributed by atoms with Gasteiger partial charge in [-0.1, -0.05) is 17.2 Å². The molecule has 12 heavy (non-hydrogen) atoms. The van der Waals surface area contributed by atoms with Crippen molar-refractivity contribution in [2.45, 2.75) is 37.9 Å². The molecule has 0 amide bonds. The van der Waals surface area contributed by atoms with Crippen LogP contribution in [0.1, 0.15) is 33.1 Å². The molecule has 0 N–H and O–H groups in total. The maximum atomic E-state index is 4.29. The summed E-state index contributed by atoms with van der Waals surface area (Å²) in [5.41, 5.74) is 0. The minimum absolute atomic E-state index is 0.306. The van der Waals surface area contributed by atoms with Crippen LogP contribution in [0.3, 0.4) is 0 Å². The normalized spacial score (nSPS) is 21.2. The molecule has 1 rings (SSSR count). The number of hydrogen-bond donors (Lipinski definition) is 1. The molecule has 1 heterocycles. The summed E-state index contributed by atoms with van der Waals surface area (Å²) in [6, 6.07) is 0. The molecule has 1 saturated heterocycles. The monoisotopic (exact) mass is 205 g/mol. The first-order chi connectivity index (χ1) is 5.64. The molecule has 0 atom stereocenters. The molecular weight excluding hydrogens is 186 g/mol. The molecule has 0 aromatic rings. The summed E-state index contributed by atoms with van der Waals surface area (Å²) >= 11 is 4.29. The first kappa shape index (κ1) is 10.7. The van der Waals surface area contributed by atoms with Gasteiger partial charge in [-0.15, -0.1) is 11.7 Å². The van der Waals surface area contributed by atoms with E-state index in [1.165, 1.54) is 38.9 Å². The molecular formula is C9H19NS2. The average Bonchev–Trinajstić information content (AvgIpc) is 2.06. The lowest BCUT2D eigenvalue weighted by atomic mass is 10.1. The molecule has 1 nitrogen and oxygen atoms in total.